The Hall–Kier alpha value is -3.10. The summed E-state index contributed by atoms with van der Waals surface area (Å²) in [6.07, 6.45) is -4.93. The topological polar surface area (TPSA) is 77.9 Å². The second kappa shape index (κ2) is 5.74. The lowest BCUT2D eigenvalue weighted by Crippen LogP contribution is -2.56. The Labute approximate surface area is 170 Å². The fourth-order valence-electron chi connectivity index (χ4n) is 5.08. The van der Waals surface area contributed by atoms with Crippen LogP contribution in [0.5, 0.6) is 0 Å². The largest absolute Gasteiger partial charge is 0.480 e. The first kappa shape index (κ1) is 20.2. The van der Waals surface area contributed by atoms with Gasteiger partial charge in [-0.1, -0.05) is 32.0 Å². The van der Waals surface area contributed by atoms with Gasteiger partial charge in [-0.2, -0.15) is 13.2 Å². The number of anilines is 1. The maximum absolute atomic E-state index is 14.4. The summed E-state index contributed by atoms with van der Waals surface area (Å²) in [5.74, 6) is -3.70. The van der Waals surface area contributed by atoms with Gasteiger partial charge in [-0.3, -0.25) is 19.3 Å². The second-order valence-electron chi connectivity index (χ2n) is 8.36. The van der Waals surface area contributed by atoms with Crippen LogP contribution in [0.15, 0.2) is 41.0 Å². The van der Waals surface area contributed by atoms with Crippen LogP contribution in [0.25, 0.3) is 5.57 Å². The fraction of sp³-hybridized carbons (Fsp3) is 0.381. The Balaban J connectivity index is 2.13. The lowest BCUT2D eigenvalue weighted by molar-refractivity contribution is -0.148. The fourth-order valence-corrected chi connectivity index (χ4v) is 5.08. The number of fused-ring (bicyclic) bond motifs is 3. The van der Waals surface area contributed by atoms with Gasteiger partial charge in [-0.25, -0.2) is 0 Å². The third kappa shape index (κ3) is 2.17. The first-order valence-corrected chi connectivity index (χ1v) is 9.24. The number of alkyl halides is 3. The maximum atomic E-state index is 14.4. The highest BCUT2D eigenvalue weighted by Crippen LogP contribution is 2.64. The molecule has 0 aromatic heterocycles. The van der Waals surface area contributed by atoms with Crippen molar-refractivity contribution in [3.8, 4) is 0 Å². The molecule has 0 bridgehead atoms. The lowest BCUT2D eigenvalue weighted by Gasteiger charge is -2.51. The number of rotatable bonds is 2. The van der Waals surface area contributed by atoms with Gasteiger partial charge in [-0.15, -0.1) is 0 Å². The number of carbonyl (C=O) groups excluding carboxylic acids is 2. The molecule has 158 valence electrons. The number of carboxylic acids is 1. The number of benzene rings is 1. The number of hydrogen-bond donors (Lipinski definition) is 1. The zero-order chi connectivity index (χ0) is 22.4. The van der Waals surface area contributed by atoms with Crippen LogP contribution in [0, 0.1) is 5.41 Å². The van der Waals surface area contributed by atoms with E-state index >= 15 is 0 Å². The Kier molecular flexibility index (Phi) is 3.86. The molecule has 2 amide bonds. The summed E-state index contributed by atoms with van der Waals surface area (Å²) in [6.45, 7) is 3.86. The molecular weight excluding hydrogens is 401 g/mol. The number of carboxylic acid groups (broad SMARTS) is 1. The average molecular weight is 420 g/mol. The molecule has 9 heteroatoms. The molecule has 0 fully saturated rings. The minimum absolute atomic E-state index is 0.0739. The summed E-state index contributed by atoms with van der Waals surface area (Å²) in [4.78, 5) is 39.3. The van der Waals surface area contributed by atoms with Gasteiger partial charge in [0, 0.05) is 34.9 Å². The monoisotopic (exact) mass is 420 g/mol. The van der Waals surface area contributed by atoms with E-state index in [0.717, 1.165) is 0 Å². The molecule has 1 aliphatic carbocycles. The van der Waals surface area contributed by atoms with Crippen molar-refractivity contribution < 1.29 is 32.7 Å². The van der Waals surface area contributed by atoms with Crippen LogP contribution in [0.3, 0.4) is 0 Å². The summed E-state index contributed by atoms with van der Waals surface area (Å²) in [5, 5.41) is 9.08. The molecule has 0 saturated heterocycles. The van der Waals surface area contributed by atoms with Crippen LogP contribution in [0.2, 0.25) is 0 Å². The molecule has 1 atom stereocenters. The highest BCUT2D eigenvalue weighted by atomic mass is 19.4. The van der Waals surface area contributed by atoms with E-state index in [0.29, 0.717) is 16.2 Å². The molecule has 0 radical (unpaired) electrons. The predicted octanol–water partition coefficient (Wildman–Crippen LogP) is 3.00. The lowest BCUT2D eigenvalue weighted by atomic mass is 9.58. The number of hydrogen-bond acceptors (Lipinski definition) is 4. The summed E-state index contributed by atoms with van der Waals surface area (Å²) < 4.78 is 43.3. The molecule has 0 spiro atoms. The van der Waals surface area contributed by atoms with Crippen LogP contribution >= 0.6 is 0 Å². The molecule has 30 heavy (non-hydrogen) atoms. The number of halogens is 3. The summed E-state index contributed by atoms with van der Waals surface area (Å²) in [7, 11) is 1.66. The predicted molar refractivity (Wildman–Crippen MR) is 101 cm³/mol. The molecule has 6 nitrogen and oxygen atoms in total. The van der Waals surface area contributed by atoms with Crippen molar-refractivity contribution in [2.45, 2.75) is 32.5 Å². The Bertz CT molecular complexity index is 1100. The van der Waals surface area contributed by atoms with Crippen LogP contribution < -0.4 is 4.90 Å². The number of likely N-dealkylation sites (N-methyl/N-ethyl adjacent to an activating group) is 1. The average Bonchev–Trinajstić information content (AvgIpc) is 3.01. The minimum Gasteiger partial charge on any atom is -0.480 e. The van der Waals surface area contributed by atoms with Crippen LogP contribution in [-0.4, -0.2) is 53.1 Å². The summed E-state index contributed by atoms with van der Waals surface area (Å²) >= 11 is 0. The van der Waals surface area contributed by atoms with Crippen LogP contribution in [-0.2, 0) is 14.4 Å². The minimum atomic E-state index is -4.93. The molecule has 2 heterocycles. The van der Waals surface area contributed by atoms with E-state index in [2.05, 4.69) is 0 Å². The third-order valence-electron chi connectivity index (χ3n) is 6.78. The van der Waals surface area contributed by atoms with Crippen LogP contribution in [0.1, 0.15) is 26.3 Å². The Morgan fingerprint density at radius 3 is 2.23 bits per heavy atom. The van der Waals surface area contributed by atoms with Crippen molar-refractivity contribution in [2.24, 2.45) is 5.41 Å². The number of amides is 2. The van der Waals surface area contributed by atoms with Gasteiger partial charge in [-0.05, 0) is 13.0 Å². The first-order chi connectivity index (χ1) is 13.8. The molecular formula is C21H19F3N2O4. The van der Waals surface area contributed by atoms with Gasteiger partial charge in [0.25, 0.3) is 11.8 Å². The smallest absolute Gasteiger partial charge is 0.417 e. The van der Waals surface area contributed by atoms with Crippen LogP contribution in [0.4, 0.5) is 18.9 Å². The zero-order valence-corrected chi connectivity index (χ0v) is 16.7. The molecule has 0 saturated carbocycles. The number of aliphatic carboxylic acids is 1. The Morgan fingerprint density at radius 1 is 1.07 bits per heavy atom. The van der Waals surface area contributed by atoms with Crippen molar-refractivity contribution in [1.82, 2.24) is 4.90 Å². The van der Waals surface area contributed by atoms with E-state index in [1.54, 1.807) is 57.0 Å². The van der Waals surface area contributed by atoms with E-state index in [9.17, 15) is 27.6 Å². The van der Waals surface area contributed by atoms with Crippen molar-refractivity contribution in [3.05, 3.63) is 46.5 Å². The molecule has 1 N–H and O–H groups in total. The number of imide groups is 1. The zero-order valence-electron chi connectivity index (χ0n) is 16.7. The van der Waals surface area contributed by atoms with E-state index in [4.69, 9.17) is 5.11 Å². The standard InChI is InChI=1S/C21H19F3N2O4/c1-19(2)16-13(17(29)26(18(16)30)9-12(27)28)15(21(22,23)24)14-10-7-5-6-8-11(10)25(4)20(14,19)3/h5-8H,9H2,1-4H3,(H,27,28). The normalized spacial score (nSPS) is 25.0. The van der Waals surface area contributed by atoms with Gasteiger partial charge in [0.05, 0.1) is 16.7 Å². The van der Waals surface area contributed by atoms with E-state index in [1.807, 2.05) is 0 Å². The summed E-state index contributed by atoms with van der Waals surface area (Å²) in [6, 6.07) is 6.59. The maximum Gasteiger partial charge on any atom is 0.417 e. The second-order valence-corrected chi connectivity index (χ2v) is 8.36. The molecule has 1 unspecified atom stereocenters. The molecule has 2 aliphatic heterocycles. The van der Waals surface area contributed by atoms with Gasteiger partial charge < -0.3 is 10.0 Å². The van der Waals surface area contributed by atoms with Gasteiger partial charge >= 0.3 is 12.1 Å². The summed E-state index contributed by atoms with van der Waals surface area (Å²) in [5.41, 5.74) is -3.89. The van der Waals surface area contributed by atoms with E-state index < -0.39 is 52.6 Å². The SMILES string of the molecule is CN1c2ccccc2C2=C(C(F)(F)F)C3=C(C(=O)N(CC(=O)O)C3=O)C(C)(C)C21C. The van der Waals surface area contributed by atoms with E-state index in [1.165, 1.54) is 0 Å². The van der Waals surface area contributed by atoms with Crippen molar-refractivity contribution in [1.29, 1.82) is 0 Å². The van der Waals surface area contributed by atoms with Gasteiger partial charge in [0.15, 0.2) is 0 Å². The molecule has 3 aliphatic rings. The highest BCUT2D eigenvalue weighted by Gasteiger charge is 2.66. The van der Waals surface area contributed by atoms with Gasteiger partial charge in [0.2, 0.25) is 0 Å². The first-order valence-electron chi connectivity index (χ1n) is 9.24. The molecule has 1 aromatic carbocycles. The quantitative estimate of drug-likeness (QED) is 0.745. The van der Waals surface area contributed by atoms with Gasteiger partial charge in [0.1, 0.15) is 6.54 Å². The third-order valence-corrected chi connectivity index (χ3v) is 6.78. The van der Waals surface area contributed by atoms with Crippen molar-refractivity contribution in [2.75, 3.05) is 18.5 Å². The number of para-hydroxylation sites is 1. The molecule has 4 rings (SSSR count). The number of nitrogens with zero attached hydrogens (tertiary/aromatic N) is 2. The van der Waals surface area contributed by atoms with Crippen molar-refractivity contribution >= 4 is 29.0 Å². The van der Waals surface area contributed by atoms with Crippen molar-refractivity contribution in [3.63, 3.8) is 0 Å². The highest BCUT2D eigenvalue weighted by molar-refractivity contribution is 6.25. The van der Waals surface area contributed by atoms with E-state index in [-0.39, 0.29) is 11.1 Å². The Morgan fingerprint density at radius 2 is 1.67 bits per heavy atom. The number of carbonyl (C=O) groups is 3. The molecule has 1 aromatic rings.